The van der Waals surface area contributed by atoms with Crippen molar-refractivity contribution in [2.24, 2.45) is 0 Å². The van der Waals surface area contributed by atoms with Crippen LogP contribution in [0.15, 0.2) is 53.4 Å². The Labute approximate surface area is 162 Å². The molecule has 28 heavy (non-hydrogen) atoms. The maximum absolute atomic E-state index is 13.7. The summed E-state index contributed by atoms with van der Waals surface area (Å²) in [5.74, 6) is -0.0251. The van der Waals surface area contributed by atoms with Crippen LogP contribution < -0.4 is 14.2 Å². The van der Waals surface area contributed by atoms with Gasteiger partial charge in [0.05, 0.1) is 29.1 Å². The van der Waals surface area contributed by atoms with E-state index in [4.69, 9.17) is 9.47 Å². The molecule has 146 valence electrons. The summed E-state index contributed by atoms with van der Waals surface area (Å²) in [6, 6.07) is 11.8. The Kier molecular flexibility index (Phi) is 5.46. The first kappa shape index (κ1) is 19.6. The van der Waals surface area contributed by atoms with Crippen LogP contribution >= 0.6 is 0 Å². The van der Waals surface area contributed by atoms with Gasteiger partial charge in [0.2, 0.25) is 0 Å². The number of aromatic nitrogens is 2. The topological polar surface area (TPSA) is 90.4 Å². The number of benzene rings is 2. The minimum absolute atomic E-state index is 0.0205. The molecule has 0 fully saturated rings. The Hall–Kier alpha value is -3.20. The molecule has 0 aliphatic heterocycles. The molecule has 9 heteroatoms. The van der Waals surface area contributed by atoms with Crippen LogP contribution in [-0.4, -0.2) is 25.5 Å². The van der Waals surface area contributed by atoms with Crippen LogP contribution in [0.3, 0.4) is 0 Å². The molecule has 1 aromatic heterocycles. The molecule has 0 saturated carbocycles. The van der Waals surface area contributed by atoms with Crippen molar-refractivity contribution in [3.05, 3.63) is 65.7 Å². The van der Waals surface area contributed by atoms with E-state index in [9.17, 15) is 12.8 Å². The van der Waals surface area contributed by atoms with E-state index in [0.29, 0.717) is 17.1 Å². The number of methoxy groups -OCH3 is 1. The Bertz CT molecular complexity index is 1080. The Morgan fingerprint density at radius 1 is 0.964 bits per heavy atom. The van der Waals surface area contributed by atoms with Crippen LogP contribution in [0.5, 0.6) is 17.5 Å². The molecule has 0 bridgehead atoms. The highest BCUT2D eigenvalue weighted by Crippen LogP contribution is 2.27. The lowest BCUT2D eigenvalue weighted by Gasteiger charge is -2.14. The highest BCUT2D eigenvalue weighted by Gasteiger charge is 2.19. The fourth-order valence-electron chi connectivity index (χ4n) is 2.45. The predicted molar refractivity (Wildman–Crippen MR) is 102 cm³/mol. The van der Waals surface area contributed by atoms with Gasteiger partial charge in [0.1, 0.15) is 5.75 Å². The molecule has 3 rings (SSSR count). The molecule has 1 N–H and O–H groups in total. The summed E-state index contributed by atoms with van der Waals surface area (Å²) >= 11 is 0. The lowest BCUT2D eigenvalue weighted by molar-refractivity contribution is 0.409. The number of sulfonamides is 1. The van der Waals surface area contributed by atoms with Crippen molar-refractivity contribution in [3.63, 3.8) is 0 Å². The van der Waals surface area contributed by atoms with Crippen molar-refractivity contribution in [2.45, 2.75) is 18.7 Å². The summed E-state index contributed by atoms with van der Waals surface area (Å²) in [4.78, 5) is 8.33. The van der Waals surface area contributed by atoms with E-state index in [2.05, 4.69) is 14.7 Å². The molecule has 0 amide bonds. The zero-order chi connectivity index (χ0) is 20.3. The van der Waals surface area contributed by atoms with E-state index in [1.54, 1.807) is 32.0 Å². The highest BCUT2D eigenvalue weighted by atomic mass is 32.2. The fraction of sp³-hybridized carbons (Fsp3) is 0.158. The predicted octanol–water partition coefficient (Wildman–Crippen LogP) is 3.83. The summed E-state index contributed by atoms with van der Waals surface area (Å²) < 4.78 is 51.9. The van der Waals surface area contributed by atoms with E-state index in [0.717, 1.165) is 0 Å². The van der Waals surface area contributed by atoms with Gasteiger partial charge in [-0.15, -0.1) is 0 Å². The van der Waals surface area contributed by atoms with Crippen molar-refractivity contribution in [2.75, 3.05) is 11.8 Å². The number of ether oxygens (including phenoxy) is 2. The number of rotatable bonds is 6. The van der Waals surface area contributed by atoms with Crippen molar-refractivity contribution >= 4 is 15.7 Å². The van der Waals surface area contributed by atoms with E-state index < -0.39 is 15.8 Å². The van der Waals surface area contributed by atoms with Gasteiger partial charge in [-0.1, -0.05) is 12.1 Å². The largest absolute Gasteiger partial charge is 0.497 e. The molecular weight excluding hydrogens is 385 g/mol. The molecule has 7 nitrogen and oxygen atoms in total. The third-order valence-corrected chi connectivity index (χ3v) is 5.26. The van der Waals surface area contributed by atoms with Crippen LogP contribution in [-0.2, 0) is 10.0 Å². The van der Waals surface area contributed by atoms with Gasteiger partial charge in [-0.3, -0.25) is 4.72 Å². The van der Waals surface area contributed by atoms with E-state index in [1.165, 1.54) is 37.4 Å². The highest BCUT2D eigenvalue weighted by molar-refractivity contribution is 7.92. The third kappa shape index (κ3) is 4.20. The van der Waals surface area contributed by atoms with Crippen LogP contribution in [0.25, 0.3) is 0 Å². The first-order valence-corrected chi connectivity index (χ1v) is 9.73. The summed E-state index contributed by atoms with van der Waals surface area (Å²) in [5, 5.41) is 0. The summed E-state index contributed by atoms with van der Waals surface area (Å²) in [6.07, 6.45) is 0. The minimum atomic E-state index is -3.85. The molecule has 0 aliphatic carbocycles. The number of nitrogens with zero attached hydrogens (tertiary/aromatic N) is 2. The van der Waals surface area contributed by atoms with Gasteiger partial charge in [0, 0.05) is 0 Å². The van der Waals surface area contributed by atoms with Crippen LogP contribution in [0.4, 0.5) is 10.1 Å². The zero-order valence-electron chi connectivity index (χ0n) is 15.4. The average molecular weight is 403 g/mol. The Balaban J connectivity index is 1.87. The molecule has 0 spiro atoms. The van der Waals surface area contributed by atoms with Gasteiger partial charge in [-0.25, -0.2) is 12.8 Å². The number of anilines is 1. The van der Waals surface area contributed by atoms with Gasteiger partial charge in [0.15, 0.2) is 11.6 Å². The van der Waals surface area contributed by atoms with Crippen LogP contribution in [0.2, 0.25) is 0 Å². The lowest BCUT2D eigenvalue weighted by Crippen LogP contribution is -2.16. The maximum Gasteiger partial charge on any atom is 0.322 e. The lowest BCUT2D eigenvalue weighted by atomic mass is 10.3. The quantitative estimate of drug-likeness (QED) is 0.673. The van der Waals surface area contributed by atoms with Gasteiger partial charge in [0.25, 0.3) is 10.0 Å². The fourth-order valence-corrected chi connectivity index (χ4v) is 3.63. The van der Waals surface area contributed by atoms with Crippen molar-refractivity contribution in [1.82, 2.24) is 9.97 Å². The van der Waals surface area contributed by atoms with E-state index in [-0.39, 0.29) is 22.3 Å². The molecule has 2 aromatic carbocycles. The molecule has 1 heterocycles. The maximum atomic E-state index is 13.7. The van der Waals surface area contributed by atoms with Gasteiger partial charge < -0.3 is 9.47 Å². The van der Waals surface area contributed by atoms with E-state index >= 15 is 0 Å². The molecule has 0 atom stereocenters. The third-order valence-electron chi connectivity index (χ3n) is 3.89. The van der Waals surface area contributed by atoms with Crippen LogP contribution in [0.1, 0.15) is 11.4 Å². The second-order valence-corrected chi connectivity index (χ2v) is 7.55. The standard InChI is InChI=1S/C19H18FN3O4S/c1-12-18(23-28(24,25)15-10-8-14(26-3)9-11-15)13(2)22-19(21-12)27-17-7-5-4-6-16(17)20/h4-11,23H,1-3H3. The van der Waals surface area contributed by atoms with Crippen molar-refractivity contribution in [1.29, 1.82) is 0 Å². The number of aryl methyl sites for hydroxylation is 2. The Morgan fingerprint density at radius 3 is 2.14 bits per heavy atom. The first-order valence-electron chi connectivity index (χ1n) is 8.24. The van der Waals surface area contributed by atoms with Gasteiger partial charge >= 0.3 is 6.01 Å². The van der Waals surface area contributed by atoms with Crippen molar-refractivity contribution in [3.8, 4) is 17.5 Å². The second-order valence-electron chi connectivity index (χ2n) is 5.87. The molecule has 0 saturated heterocycles. The number of hydrogen-bond donors (Lipinski definition) is 1. The minimum Gasteiger partial charge on any atom is -0.497 e. The molecule has 0 unspecified atom stereocenters. The SMILES string of the molecule is COc1ccc(S(=O)(=O)Nc2c(C)nc(Oc3ccccc3F)nc2C)cc1. The Morgan fingerprint density at radius 2 is 1.57 bits per heavy atom. The molecule has 3 aromatic rings. The second kappa shape index (κ2) is 7.81. The molecular formula is C19H18FN3O4S. The van der Waals surface area contributed by atoms with Crippen molar-refractivity contribution < 1.29 is 22.3 Å². The smallest absolute Gasteiger partial charge is 0.322 e. The van der Waals surface area contributed by atoms with E-state index in [1.807, 2.05) is 0 Å². The molecule has 0 radical (unpaired) electrons. The summed E-state index contributed by atoms with van der Waals surface area (Å²) in [7, 11) is -2.35. The number of halogens is 1. The number of para-hydroxylation sites is 1. The number of hydrogen-bond acceptors (Lipinski definition) is 6. The molecule has 0 aliphatic rings. The van der Waals surface area contributed by atoms with Gasteiger partial charge in [-0.05, 0) is 50.2 Å². The zero-order valence-corrected chi connectivity index (χ0v) is 16.2. The van der Waals surface area contributed by atoms with Crippen LogP contribution in [0, 0.1) is 19.7 Å². The number of nitrogens with one attached hydrogen (secondary N) is 1. The normalized spacial score (nSPS) is 11.1. The first-order chi connectivity index (χ1) is 13.3. The summed E-state index contributed by atoms with van der Waals surface area (Å²) in [6.45, 7) is 3.21. The monoisotopic (exact) mass is 403 g/mol. The summed E-state index contributed by atoms with van der Waals surface area (Å²) in [5.41, 5.74) is 0.920. The van der Waals surface area contributed by atoms with Gasteiger partial charge in [-0.2, -0.15) is 9.97 Å². The average Bonchev–Trinajstić information content (AvgIpc) is 2.67.